The molecule has 0 saturated carbocycles. The van der Waals surface area contributed by atoms with Crippen LogP contribution in [0, 0.1) is 0 Å². The molecule has 2 aliphatic rings. The van der Waals surface area contributed by atoms with E-state index < -0.39 is 146 Å². The normalized spacial score (nSPS) is 30.1. The number of hydrogen-bond donors (Lipinski definition) is 13. The molecule has 0 radical (unpaired) electrons. The van der Waals surface area contributed by atoms with Gasteiger partial charge in [0, 0.05) is 40.0 Å². The van der Waals surface area contributed by atoms with Crippen molar-refractivity contribution in [3.8, 4) is 0 Å². The summed E-state index contributed by atoms with van der Waals surface area (Å²) >= 11 is 0.744. The summed E-state index contributed by atoms with van der Waals surface area (Å²) in [5, 5.41) is 87.1. The van der Waals surface area contributed by atoms with E-state index in [1.54, 1.807) is 0 Å². The van der Waals surface area contributed by atoms with Gasteiger partial charge in [0.15, 0.2) is 0 Å². The molecule has 302 valence electrons. The van der Waals surface area contributed by atoms with Crippen LogP contribution in [-0.4, -0.2) is 188 Å². The van der Waals surface area contributed by atoms with Crippen molar-refractivity contribution in [3.63, 3.8) is 0 Å². The molecular weight excluding hydrogens is 736 g/mol. The van der Waals surface area contributed by atoms with Gasteiger partial charge in [0.1, 0.15) is 48.1 Å². The number of carbonyl (C=O) groups excluding carboxylic acids is 6. The molecule has 2 aliphatic heterocycles. The van der Waals surface area contributed by atoms with Crippen molar-refractivity contribution in [3.05, 3.63) is 0 Å². The number of carboxylic acid groups (broad SMARTS) is 1. The smallest absolute Gasteiger partial charge is 0.364 e. The summed E-state index contributed by atoms with van der Waals surface area (Å²) < 4.78 is 17.0. The van der Waals surface area contributed by atoms with Crippen LogP contribution in [0.15, 0.2) is 0 Å². The largest absolute Gasteiger partial charge is 0.477 e. The van der Waals surface area contributed by atoms with Gasteiger partial charge in [-0.05, 0) is 0 Å². The minimum atomic E-state index is -2.83. The molecule has 12 atom stereocenters. The van der Waals surface area contributed by atoms with Crippen LogP contribution in [0.1, 0.15) is 27.2 Å². The van der Waals surface area contributed by atoms with E-state index in [-0.39, 0.29) is 5.75 Å². The number of aliphatic carboxylic acids is 1. The standard InChI is InChI=1S/C29H48N6O17S/c1-11(37)31-7-19(43)35-14(26(47)32-6-18(42)30-4)10-53-27-21(34-13(3)39)24(46)23(45)17(51-27)9-50-29(28(48)49)5-15(40)20(33-12(2)38)25(52-29)22(44)16(41)8-36/h14-17,20-25,27,36,40-41,44-46H,5-10H2,1-4H3,(H,30,42)(H,31,37)(H,32,47)(H,33,38)(H,34,39)(H,35,43)(H,48,49)/t14-,15-,16+,17+,20+,21+,22+,23-,24+,25+,27+,29+/m0/s1. The van der Waals surface area contributed by atoms with Gasteiger partial charge in [-0.3, -0.25) is 28.8 Å². The fraction of sp³-hybridized carbons (Fsp3) is 0.759. The molecule has 0 aromatic rings. The number of nitrogens with one attached hydrogen (secondary N) is 6. The number of carbonyl (C=O) groups is 7. The lowest BCUT2D eigenvalue weighted by atomic mass is 9.88. The van der Waals surface area contributed by atoms with Crippen LogP contribution in [0.3, 0.4) is 0 Å². The van der Waals surface area contributed by atoms with Gasteiger partial charge in [-0.1, -0.05) is 0 Å². The summed E-state index contributed by atoms with van der Waals surface area (Å²) in [6, 6.07) is -4.25. The molecule has 0 bridgehead atoms. The molecule has 24 heteroatoms. The van der Waals surface area contributed by atoms with E-state index in [4.69, 9.17) is 14.2 Å². The minimum Gasteiger partial charge on any atom is -0.477 e. The van der Waals surface area contributed by atoms with Gasteiger partial charge in [0.2, 0.25) is 35.4 Å². The first-order valence-corrected chi connectivity index (χ1v) is 17.2. The number of ether oxygens (including phenoxy) is 3. The number of thioether (sulfide) groups is 1. The van der Waals surface area contributed by atoms with Crippen LogP contribution in [-0.2, 0) is 47.8 Å². The molecule has 13 N–H and O–H groups in total. The Balaban J connectivity index is 2.36. The molecule has 2 fully saturated rings. The summed E-state index contributed by atoms with van der Waals surface area (Å²) in [6.45, 7) is 0.414. The topological polar surface area (TPSA) is 361 Å². The molecule has 0 spiro atoms. The van der Waals surface area contributed by atoms with Gasteiger partial charge in [-0.15, -0.1) is 11.8 Å². The number of hydrogen-bond acceptors (Lipinski definition) is 17. The van der Waals surface area contributed by atoms with Gasteiger partial charge in [0.25, 0.3) is 5.79 Å². The van der Waals surface area contributed by atoms with Crippen LogP contribution < -0.4 is 31.9 Å². The third kappa shape index (κ3) is 13.0. The van der Waals surface area contributed by atoms with E-state index in [0.29, 0.717) is 0 Å². The minimum absolute atomic E-state index is 0.353. The summed E-state index contributed by atoms with van der Waals surface area (Å²) in [5.41, 5.74) is -1.34. The number of amides is 6. The van der Waals surface area contributed by atoms with E-state index in [2.05, 4.69) is 31.9 Å². The lowest BCUT2D eigenvalue weighted by Crippen LogP contribution is -2.68. The van der Waals surface area contributed by atoms with Crippen molar-refractivity contribution in [1.82, 2.24) is 31.9 Å². The zero-order valence-corrected chi connectivity index (χ0v) is 30.0. The Kier molecular flexibility index (Phi) is 17.7. The van der Waals surface area contributed by atoms with E-state index in [1.165, 1.54) is 7.05 Å². The Labute approximate surface area is 306 Å². The van der Waals surface area contributed by atoms with Crippen molar-refractivity contribution in [2.24, 2.45) is 0 Å². The number of aliphatic hydroxyl groups is 6. The van der Waals surface area contributed by atoms with E-state index in [1.807, 2.05) is 0 Å². The van der Waals surface area contributed by atoms with Crippen LogP contribution in [0.25, 0.3) is 0 Å². The Morgan fingerprint density at radius 2 is 1.49 bits per heavy atom. The maximum absolute atomic E-state index is 13.0. The van der Waals surface area contributed by atoms with Crippen LogP contribution in [0.4, 0.5) is 0 Å². The maximum atomic E-state index is 13.0. The molecule has 6 amide bonds. The molecule has 0 aliphatic carbocycles. The lowest BCUT2D eigenvalue weighted by Gasteiger charge is -2.47. The highest BCUT2D eigenvalue weighted by Crippen LogP contribution is 2.35. The molecular formula is C29H48N6O17S. The third-order valence-electron chi connectivity index (χ3n) is 8.02. The highest BCUT2D eigenvalue weighted by Gasteiger charge is 2.57. The zero-order chi connectivity index (χ0) is 40.2. The van der Waals surface area contributed by atoms with Gasteiger partial charge >= 0.3 is 5.97 Å². The van der Waals surface area contributed by atoms with Crippen LogP contribution in [0.2, 0.25) is 0 Å². The lowest BCUT2D eigenvalue weighted by molar-refractivity contribution is -0.320. The Morgan fingerprint density at radius 1 is 0.887 bits per heavy atom. The van der Waals surface area contributed by atoms with Gasteiger partial charge in [0.05, 0.1) is 44.5 Å². The van der Waals surface area contributed by atoms with Crippen molar-refractivity contribution in [1.29, 1.82) is 0 Å². The number of carboxylic acids is 1. The first-order chi connectivity index (χ1) is 24.8. The summed E-state index contributed by atoms with van der Waals surface area (Å²) in [7, 11) is 1.33. The molecule has 23 nitrogen and oxygen atoms in total. The first kappa shape index (κ1) is 45.4. The predicted octanol–water partition coefficient (Wildman–Crippen LogP) is -7.68. The van der Waals surface area contributed by atoms with E-state index in [0.717, 1.165) is 32.5 Å². The summed E-state index contributed by atoms with van der Waals surface area (Å²) in [6.07, 6.45) is -13.8. The summed E-state index contributed by atoms with van der Waals surface area (Å²) in [5.74, 6) is -9.18. The highest BCUT2D eigenvalue weighted by atomic mass is 32.2. The van der Waals surface area contributed by atoms with Crippen molar-refractivity contribution in [2.75, 3.05) is 39.1 Å². The molecule has 2 rings (SSSR count). The van der Waals surface area contributed by atoms with Crippen molar-refractivity contribution in [2.45, 2.75) is 99.3 Å². The highest BCUT2D eigenvalue weighted by molar-refractivity contribution is 7.99. The van der Waals surface area contributed by atoms with E-state index in [9.17, 15) is 69.3 Å². The maximum Gasteiger partial charge on any atom is 0.364 e. The van der Waals surface area contributed by atoms with Gasteiger partial charge in [-0.2, -0.15) is 0 Å². The second kappa shape index (κ2) is 20.7. The zero-order valence-electron chi connectivity index (χ0n) is 29.2. The molecule has 2 saturated heterocycles. The monoisotopic (exact) mass is 784 g/mol. The average Bonchev–Trinajstić information content (AvgIpc) is 3.09. The molecule has 53 heavy (non-hydrogen) atoms. The first-order valence-electron chi connectivity index (χ1n) is 16.2. The van der Waals surface area contributed by atoms with Crippen LogP contribution >= 0.6 is 11.8 Å². The fourth-order valence-electron chi connectivity index (χ4n) is 5.30. The number of aliphatic hydroxyl groups excluding tert-OH is 6. The molecule has 0 aromatic carbocycles. The molecule has 0 unspecified atom stereocenters. The Bertz CT molecular complexity index is 1330. The van der Waals surface area contributed by atoms with Crippen molar-refractivity contribution < 1.29 is 83.5 Å². The average molecular weight is 785 g/mol. The Morgan fingerprint density at radius 3 is 2.04 bits per heavy atom. The predicted molar refractivity (Wildman–Crippen MR) is 177 cm³/mol. The quantitative estimate of drug-likeness (QED) is 0.0614. The Hall–Kier alpha value is -3.72. The number of rotatable bonds is 18. The number of likely N-dealkylation sites (N-methyl/N-ethyl adjacent to an activating group) is 1. The van der Waals surface area contributed by atoms with Gasteiger partial charge in [-0.25, -0.2) is 4.79 Å². The second-order valence-electron chi connectivity index (χ2n) is 12.2. The fourth-order valence-corrected chi connectivity index (χ4v) is 6.57. The van der Waals surface area contributed by atoms with Crippen molar-refractivity contribution >= 4 is 53.2 Å². The molecule has 0 aromatic heterocycles. The molecule has 2 heterocycles. The second-order valence-corrected chi connectivity index (χ2v) is 13.3. The van der Waals surface area contributed by atoms with Gasteiger partial charge < -0.3 is 81.9 Å². The SMILES string of the molecule is CNC(=O)CNC(=O)[C@H](CS[C@H]1O[C@H](CO[C@]2(C(=O)O)C[C@H](O)[C@@H](NC(C)=O)[C@H]([C@H](O)[C@H](O)CO)O2)[C@H](O)[C@H](O)[C@H]1NC(C)=O)NC(=O)CNC(C)=O. The summed E-state index contributed by atoms with van der Waals surface area (Å²) in [4.78, 5) is 84.9. The van der Waals surface area contributed by atoms with E-state index >= 15 is 0 Å². The third-order valence-corrected chi connectivity index (χ3v) is 9.28. The van der Waals surface area contributed by atoms with Crippen LogP contribution in [0.5, 0.6) is 0 Å².